The number of amides is 1. The lowest BCUT2D eigenvalue weighted by Gasteiger charge is -2.32. The summed E-state index contributed by atoms with van der Waals surface area (Å²) in [6, 6.07) is 11.9. The Bertz CT molecular complexity index is 619. The summed E-state index contributed by atoms with van der Waals surface area (Å²) in [5.74, 6) is -0.130. The summed E-state index contributed by atoms with van der Waals surface area (Å²) in [6.45, 7) is 1.08. The van der Waals surface area contributed by atoms with Gasteiger partial charge in [0.1, 0.15) is 5.54 Å². The minimum absolute atomic E-state index is 0.130. The van der Waals surface area contributed by atoms with Gasteiger partial charge < -0.3 is 15.8 Å². The highest BCUT2D eigenvalue weighted by Gasteiger charge is 2.36. The number of carbonyl (C=O) groups excluding carboxylic acids is 1. The molecule has 3 N–H and O–H groups in total. The van der Waals surface area contributed by atoms with Crippen LogP contribution < -0.4 is 11.1 Å². The molecule has 1 aromatic heterocycles. The van der Waals surface area contributed by atoms with Crippen molar-refractivity contribution < 1.29 is 9.53 Å². The Morgan fingerprint density at radius 1 is 1.19 bits per heavy atom. The minimum Gasteiger partial charge on any atom is -0.381 e. The maximum Gasteiger partial charge on any atom is 0.244 e. The first kappa shape index (κ1) is 14.3. The Labute approximate surface area is 127 Å². The molecule has 0 bridgehead atoms. The SMILES string of the molecule is NC1(C(=O)Nc2ccccc2-c2cccs2)CCOCC1. The maximum atomic E-state index is 12.5. The number of nitrogens with two attached hydrogens (primary N) is 1. The fraction of sp³-hybridized carbons (Fsp3) is 0.312. The predicted molar refractivity (Wildman–Crippen MR) is 85.4 cm³/mol. The zero-order chi connectivity index (χ0) is 14.7. The van der Waals surface area contributed by atoms with Gasteiger partial charge in [-0.25, -0.2) is 0 Å². The summed E-state index contributed by atoms with van der Waals surface area (Å²) in [7, 11) is 0. The lowest BCUT2D eigenvalue weighted by molar-refractivity contribution is -0.124. The van der Waals surface area contributed by atoms with Crippen molar-refractivity contribution >= 4 is 22.9 Å². The topological polar surface area (TPSA) is 64.4 Å². The molecule has 21 heavy (non-hydrogen) atoms. The molecule has 1 aliphatic heterocycles. The zero-order valence-corrected chi connectivity index (χ0v) is 12.5. The second-order valence-corrected chi connectivity index (χ2v) is 6.19. The number of benzene rings is 1. The molecular weight excluding hydrogens is 284 g/mol. The average Bonchev–Trinajstić information content (AvgIpc) is 3.02. The van der Waals surface area contributed by atoms with Gasteiger partial charge in [0, 0.05) is 29.3 Å². The van der Waals surface area contributed by atoms with Crippen molar-refractivity contribution in [2.45, 2.75) is 18.4 Å². The van der Waals surface area contributed by atoms with Crippen LogP contribution in [0.15, 0.2) is 41.8 Å². The summed E-state index contributed by atoms with van der Waals surface area (Å²) in [5, 5.41) is 5.02. The number of hydrogen-bond donors (Lipinski definition) is 2. The molecule has 1 aliphatic rings. The van der Waals surface area contributed by atoms with Gasteiger partial charge in [-0.15, -0.1) is 11.3 Å². The molecule has 2 aromatic rings. The van der Waals surface area contributed by atoms with E-state index in [1.807, 2.05) is 41.8 Å². The number of nitrogens with one attached hydrogen (secondary N) is 1. The predicted octanol–water partition coefficient (Wildman–Crippen LogP) is 2.86. The van der Waals surface area contributed by atoms with Crippen LogP contribution in [-0.4, -0.2) is 24.7 Å². The first-order valence-electron chi connectivity index (χ1n) is 7.00. The van der Waals surface area contributed by atoms with Gasteiger partial charge in [0.2, 0.25) is 5.91 Å². The van der Waals surface area contributed by atoms with Crippen LogP contribution >= 0.6 is 11.3 Å². The number of anilines is 1. The monoisotopic (exact) mass is 302 g/mol. The Balaban J connectivity index is 1.83. The van der Waals surface area contributed by atoms with Gasteiger partial charge in [-0.2, -0.15) is 0 Å². The molecule has 1 fully saturated rings. The molecule has 0 radical (unpaired) electrons. The van der Waals surface area contributed by atoms with Crippen LogP contribution in [-0.2, 0) is 9.53 Å². The van der Waals surface area contributed by atoms with E-state index < -0.39 is 5.54 Å². The third-order valence-electron chi connectivity index (χ3n) is 3.80. The standard InChI is InChI=1S/C16H18N2O2S/c17-16(7-9-20-10-8-16)15(19)18-13-5-2-1-4-12(13)14-6-3-11-21-14/h1-6,11H,7-10,17H2,(H,18,19). The molecule has 0 aliphatic carbocycles. The minimum atomic E-state index is -0.833. The number of thiophene rings is 1. The van der Waals surface area contributed by atoms with Gasteiger partial charge >= 0.3 is 0 Å². The molecule has 0 unspecified atom stereocenters. The first-order valence-corrected chi connectivity index (χ1v) is 7.88. The number of rotatable bonds is 3. The zero-order valence-electron chi connectivity index (χ0n) is 11.7. The Morgan fingerprint density at radius 3 is 2.67 bits per heavy atom. The van der Waals surface area contributed by atoms with Crippen molar-refractivity contribution in [1.29, 1.82) is 0 Å². The summed E-state index contributed by atoms with van der Waals surface area (Å²) in [5.41, 5.74) is 7.23. The highest BCUT2D eigenvalue weighted by molar-refractivity contribution is 7.13. The first-order chi connectivity index (χ1) is 10.2. The van der Waals surface area contributed by atoms with Crippen molar-refractivity contribution in [3.63, 3.8) is 0 Å². The van der Waals surface area contributed by atoms with E-state index in [0.717, 1.165) is 16.1 Å². The quantitative estimate of drug-likeness (QED) is 0.916. The lowest BCUT2D eigenvalue weighted by atomic mass is 9.90. The Morgan fingerprint density at radius 2 is 1.95 bits per heavy atom. The second kappa shape index (κ2) is 5.97. The van der Waals surface area contributed by atoms with Crippen LogP contribution in [0.5, 0.6) is 0 Å². The molecule has 3 rings (SSSR count). The smallest absolute Gasteiger partial charge is 0.244 e. The van der Waals surface area contributed by atoms with Gasteiger partial charge in [-0.3, -0.25) is 4.79 Å². The number of carbonyl (C=O) groups is 1. The van der Waals surface area contributed by atoms with Crippen molar-refractivity contribution in [2.24, 2.45) is 5.73 Å². The van der Waals surface area contributed by atoms with E-state index in [0.29, 0.717) is 26.1 Å². The van der Waals surface area contributed by atoms with Crippen LogP contribution in [0.4, 0.5) is 5.69 Å². The van der Waals surface area contributed by atoms with Crippen LogP contribution in [0.3, 0.4) is 0 Å². The van der Waals surface area contributed by atoms with Gasteiger partial charge in [-0.1, -0.05) is 24.3 Å². The van der Waals surface area contributed by atoms with Crippen LogP contribution in [0.2, 0.25) is 0 Å². The molecular formula is C16H18N2O2S. The molecule has 0 saturated carbocycles. The van der Waals surface area contributed by atoms with Crippen molar-refractivity contribution in [1.82, 2.24) is 0 Å². The van der Waals surface area contributed by atoms with E-state index in [2.05, 4.69) is 5.32 Å². The Kier molecular flexibility index (Phi) is 4.05. The van der Waals surface area contributed by atoms with E-state index >= 15 is 0 Å². The molecule has 1 amide bonds. The third kappa shape index (κ3) is 3.00. The van der Waals surface area contributed by atoms with Crippen LogP contribution in [0, 0.1) is 0 Å². The average molecular weight is 302 g/mol. The summed E-state index contributed by atoms with van der Waals surface area (Å²) in [4.78, 5) is 13.7. The summed E-state index contributed by atoms with van der Waals surface area (Å²) in [6.07, 6.45) is 1.11. The second-order valence-electron chi connectivity index (χ2n) is 5.25. The van der Waals surface area contributed by atoms with E-state index in [1.54, 1.807) is 11.3 Å². The molecule has 0 spiro atoms. The van der Waals surface area contributed by atoms with E-state index in [4.69, 9.17) is 10.5 Å². The largest absolute Gasteiger partial charge is 0.381 e. The molecule has 1 aromatic carbocycles. The summed E-state index contributed by atoms with van der Waals surface area (Å²) >= 11 is 1.65. The van der Waals surface area contributed by atoms with E-state index in [1.165, 1.54) is 0 Å². The number of ether oxygens (including phenoxy) is 1. The Hall–Kier alpha value is -1.69. The van der Waals surface area contributed by atoms with Crippen LogP contribution in [0.1, 0.15) is 12.8 Å². The summed E-state index contributed by atoms with van der Waals surface area (Å²) < 4.78 is 5.29. The van der Waals surface area contributed by atoms with E-state index in [-0.39, 0.29) is 5.91 Å². The number of para-hydroxylation sites is 1. The molecule has 0 atom stereocenters. The van der Waals surface area contributed by atoms with Crippen molar-refractivity contribution in [3.05, 3.63) is 41.8 Å². The molecule has 110 valence electrons. The van der Waals surface area contributed by atoms with Gasteiger partial charge in [-0.05, 0) is 30.4 Å². The molecule has 5 heteroatoms. The van der Waals surface area contributed by atoms with Gasteiger partial charge in [0.25, 0.3) is 0 Å². The highest BCUT2D eigenvalue weighted by atomic mass is 32.1. The fourth-order valence-corrected chi connectivity index (χ4v) is 3.21. The maximum absolute atomic E-state index is 12.5. The van der Waals surface area contributed by atoms with Crippen LogP contribution in [0.25, 0.3) is 10.4 Å². The third-order valence-corrected chi connectivity index (χ3v) is 4.70. The van der Waals surface area contributed by atoms with Crippen molar-refractivity contribution in [3.8, 4) is 10.4 Å². The molecule has 2 heterocycles. The van der Waals surface area contributed by atoms with Crippen molar-refractivity contribution in [2.75, 3.05) is 18.5 Å². The normalized spacial score (nSPS) is 17.4. The van der Waals surface area contributed by atoms with Gasteiger partial charge in [0.15, 0.2) is 0 Å². The molecule has 4 nitrogen and oxygen atoms in total. The van der Waals surface area contributed by atoms with E-state index in [9.17, 15) is 4.79 Å². The van der Waals surface area contributed by atoms with Gasteiger partial charge in [0.05, 0.1) is 0 Å². The fourth-order valence-electron chi connectivity index (χ4n) is 2.45. The molecule has 1 saturated heterocycles. The highest BCUT2D eigenvalue weighted by Crippen LogP contribution is 2.32. The lowest BCUT2D eigenvalue weighted by Crippen LogP contribution is -2.54. The number of hydrogen-bond acceptors (Lipinski definition) is 4.